The number of carboxylic acid groups (broad SMARTS) is 1. The highest BCUT2D eigenvalue weighted by molar-refractivity contribution is 6.30. The number of rotatable bonds is 3. The SMILES string of the molecule is COc1ccccc1-c1nc(Cl)c2n1C(C(=O)O)CCC2. The molecule has 110 valence electrons. The van der Waals surface area contributed by atoms with E-state index < -0.39 is 12.0 Å². The molecular weight excluding hydrogens is 292 g/mol. The van der Waals surface area contributed by atoms with Crippen LogP contribution < -0.4 is 4.74 Å². The van der Waals surface area contributed by atoms with Gasteiger partial charge >= 0.3 is 5.97 Å². The van der Waals surface area contributed by atoms with Crippen molar-refractivity contribution in [2.75, 3.05) is 7.11 Å². The fourth-order valence-corrected chi connectivity index (χ4v) is 3.11. The second kappa shape index (κ2) is 5.41. The Kier molecular flexibility index (Phi) is 3.59. The first-order chi connectivity index (χ1) is 10.1. The van der Waals surface area contributed by atoms with Gasteiger partial charge in [-0.3, -0.25) is 0 Å². The van der Waals surface area contributed by atoms with Gasteiger partial charge in [0, 0.05) is 0 Å². The second-order valence-electron chi connectivity index (χ2n) is 4.99. The Morgan fingerprint density at radius 3 is 2.95 bits per heavy atom. The molecule has 1 N–H and O–H groups in total. The molecular formula is C15H15ClN2O3. The number of aromatic nitrogens is 2. The number of nitrogens with zero attached hydrogens (tertiary/aromatic N) is 2. The molecule has 0 saturated heterocycles. The maximum Gasteiger partial charge on any atom is 0.326 e. The first-order valence-electron chi connectivity index (χ1n) is 6.76. The third kappa shape index (κ3) is 2.27. The normalized spacial score (nSPS) is 17.3. The molecule has 2 aromatic rings. The molecule has 1 atom stereocenters. The summed E-state index contributed by atoms with van der Waals surface area (Å²) in [6, 6.07) is 6.78. The van der Waals surface area contributed by atoms with Crippen molar-refractivity contribution in [1.82, 2.24) is 9.55 Å². The van der Waals surface area contributed by atoms with Crippen molar-refractivity contribution in [2.24, 2.45) is 0 Å². The van der Waals surface area contributed by atoms with Crippen LogP contribution in [-0.4, -0.2) is 27.7 Å². The number of carboxylic acids is 1. The van der Waals surface area contributed by atoms with E-state index in [1.54, 1.807) is 11.7 Å². The summed E-state index contributed by atoms with van der Waals surface area (Å²) in [7, 11) is 1.58. The van der Waals surface area contributed by atoms with Gasteiger partial charge in [0.1, 0.15) is 17.6 Å². The van der Waals surface area contributed by atoms with Gasteiger partial charge in [0.25, 0.3) is 0 Å². The molecule has 0 spiro atoms. The summed E-state index contributed by atoms with van der Waals surface area (Å²) in [6.45, 7) is 0. The molecule has 5 nitrogen and oxygen atoms in total. The standard InChI is InChI=1S/C15H15ClN2O3/c1-21-12-8-3-2-5-9(12)14-17-13(16)10-6-4-7-11(15(19)20)18(10)14/h2-3,5,8,11H,4,6-7H2,1H3,(H,19,20). The number of aliphatic carboxylic acids is 1. The minimum atomic E-state index is -0.860. The van der Waals surface area contributed by atoms with Gasteiger partial charge in [-0.15, -0.1) is 0 Å². The maximum atomic E-state index is 11.5. The Bertz CT molecular complexity index is 696. The van der Waals surface area contributed by atoms with E-state index in [1.807, 2.05) is 24.3 Å². The fraction of sp³-hybridized carbons (Fsp3) is 0.333. The number of hydrogen-bond acceptors (Lipinski definition) is 3. The molecule has 0 fully saturated rings. The Morgan fingerprint density at radius 2 is 2.24 bits per heavy atom. The van der Waals surface area contributed by atoms with Crippen molar-refractivity contribution >= 4 is 17.6 Å². The Hall–Kier alpha value is -2.01. The number of benzene rings is 1. The fourth-order valence-electron chi connectivity index (χ4n) is 2.84. The number of fused-ring (bicyclic) bond motifs is 1. The maximum absolute atomic E-state index is 11.5. The molecule has 0 saturated carbocycles. The zero-order valence-corrected chi connectivity index (χ0v) is 12.3. The second-order valence-corrected chi connectivity index (χ2v) is 5.35. The highest BCUT2D eigenvalue weighted by Gasteiger charge is 2.31. The molecule has 21 heavy (non-hydrogen) atoms. The van der Waals surface area contributed by atoms with Gasteiger partial charge in [0.15, 0.2) is 5.15 Å². The third-order valence-electron chi connectivity index (χ3n) is 3.80. The van der Waals surface area contributed by atoms with Crippen molar-refractivity contribution in [3.8, 4) is 17.1 Å². The number of methoxy groups -OCH3 is 1. The van der Waals surface area contributed by atoms with Crippen LogP contribution in [0.5, 0.6) is 5.75 Å². The molecule has 3 rings (SSSR count). The quantitative estimate of drug-likeness (QED) is 0.946. The molecule has 0 radical (unpaired) electrons. The largest absolute Gasteiger partial charge is 0.496 e. The summed E-state index contributed by atoms with van der Waals surface area (Å²) < 4.78 is 7.09. The predicted octanol–water partition coefficient (Wildman–Crippen LogP) is 3.17. The van der Waals surface area contributed by atoms with E-state index in [0.29, 0.717) is 23.1 Å². The molecule has 1 aliphatic heterocycles. The lowest BCUT2D eigenvalue weighted by molar-refractivity contribution is -0.141. The van der Waals surface area contributed by atoms with Gasteiger partial charge < -0.3 is 14.4 Å². The lowest BCUT2D eigenvalue weighted by atomic mass is 10.0. The number of halogens is 1. The van der Waals surface area contributed by atoms with Crippen molar-refractivity contribution in [3.05, 3.63) is 35.1 Å². The minimum Gasteiger partial charge on any atom is -0.496 e. The number of para-hydroxylation sites is 1. The third-order valence-corrected chi connectivity index (χ3v) is 4.10. The zero-order valence-electron chi connectivity index (χ0n) is 11.5. The molecule has 1 unspecified atom stereocenters. The van der Waals surface area contributed by atoms with Gasteiger partial charge in [-0.2, -0.15) is 0 Å². The zero-order chi connectivity index (χ0) is 15.0. The van der Waals surface area contributed by atoms with Gasteiger partial charge in [-0.05, 0) is 31.4 Å². The molecule has 2 heterocycles. The predicted molar refractivity (Wildman–Crippen MR) is 78.8 cm³/mol. The van der Waals surface area contributed by atoms with E-state index in [2.05, 4.69) is 4.98 Å². The highest BCUT2D eigenvalue weighted by atomic mass is 35.5. The van der Waals surface area contributed by atoms with Gasteiger partial charge in [0.05, 0.1) is 18.4 Å². The molecule has 1 aromatic heterocycles. The topological polar surface area (TPSA) is 64.4 Å². The monoisotopic (exact) mass is 306 g/mol. The molecule has 1 aliphatic rings. The van der Waals surface area contributed by atoms with Gasteiger partial charge in [-0.1, -0.05) is 23.7 Å². The van der Waals surface area contributed by atoms with Crippen molar-refractivity contribution in [3.63, 3.8) is 0 Å². The highest BCUT2D eigenvalue weighted by Crippen LogP contribution is 2.38. The van der Waals surface area contributed by atoms with E-state index in [0.717, 1.165) is 24.1 Å². The Morgan fingerprint density at radius 1 is 1.48 bits per heavy atom. The number of hydrogen-bond donors (Lipinski definition) is 1. The average molecular weight is 307 g/mol. The Balaban J connectivity index is 2.23. The lowest BCUT2D eigenvalue weighted by Gasteiger charge is -2.24. The first kappa shape index (κ1) is 13.9. The van der Waals surface area contributed by atoms with Crippen LogP contribution in [0.2, 0.25) is 5.15 Å². The summed E-state index contributed by atoms with van der Waals surface area (Å²) in [6.07, 6.45) is 2.12. The van der Waals surface area contributed by atoms with E-state index in [-0.39, 0.29) is 0 Å². The van der Waals surface area contributed by atoms with Gasteiger partial charge in [-0.25, -0.2) is 9.78 Å². The van der Waals surface area contributed by atoms with Crippen LogP contribution in [0.4, 0.5) is 0 Å². The molecule has 0 bridgehead atoms. The number of ether oxygens (including phenoxy) is 1. The first-order valence-corrected chi connectivity index (χ1v) is 7.14. The molecule has 6 heteroatoms. The van der Waals surface area contributed by atoms with Crippen LogP contribution >= 0.6 is 11.6 Å². The van der Waals surface area contributed by atoms with Crippen molar-refractivity contribution < 1.29 is 14.6 Å². The van der Waals surface area contributed by atoms with Crippen LogP contribution in [0.15, 0.2) is 24.3 Å². The average Bonchev–Trinajstić information content (AvgIpc) is 2.84. The molecule has 1 aromatic carbocycles. The smallest absolute Gasteiger partial charge is 0.326 e. The summed E-state index contributed by atoms with van der Waals surface area (Å²) in [5.74, 6) is 0.345. The number of imidazole rings is 1. The summed E-state index contributed by atoms with van der Waals surface area (Å²) in [5.41, 5.74) is 1.54. The van der Waals surface area contributed by atoms with Crippen LogP contribution in [0.25, 0.3) is 11.4 Å². The van der Waals surface area contributed by atoms with Crippen LogP contribution in [-0.2, 0) is 11.2 Å². The van der Waals surface area contributed by atoms with E-state index in [4.69, 9.17) is 16.3 Å². The van der Waals surface area contributed by atoms with E-state index in [9.17, 15) is 9.90 Å². The van der Waals surface area contributed by atoms with Crippen LogP contribution in [0.3, 0.4) is 0 Å². The van der Waals surface area contributed by atoms with E-state index >= 15 is 0 Å². The summed E-state index contributed by atoms with van der Waals surface area (Å²) in [4.78, 5) is 15.9. The minimum absolute atomic E-state index is 0.377. The van der Waals surface area contributed by atoms with Crippen molar-refractivity contribution in [1.29, 1.82) is 0 Å². The summed E-state index contributed by atoms with van der Waals surface area (Å²) in [5, 5.41) is 9.85. The molecule has 0 amide bonds. The van der Waals surface area contributed by atoms with E-state index in [1.165, 1.54) is 0 Å². The lowest BCUT2D eigenvalue weighted by Crippen LogP contribution is -2.25. The van der Waals surface area contributed by atoms with Crippen LogP contribution in [0.1, 0.15) is 24.6 Å². The van der Waals surface area contributed by atoms with Crippen molar-refractivity contribution in [2.45, 2.75) is 25.3 Å². The molecule has 0 aliphatic carbocycles. The van der Waals surface area contributed by atoms with Crippen LogP contribution in [0, 0.1) is 0 Å². The Labute approximate surface area is 127 Å². The van der Waals surface area contributed by atoms with Gasteiger partial charge in [0.2, 0.25) is 0 Å². The number of carbonyl (C=O) groups is 1. The summed E-state index contributed by atoms with van der Waals surface area (Å²) >= 11 is 6.21.